The average molecular weight is 479 g/mol. The average Bonchev–Trinajstić information content (AvgIpc) is 2.86. The number of hydrogen-bond donors (Lipinski definition) is 2. The molecule has 0 radical (unpaired) electrons. The molecule has 34 heavy (non-hydrogen) atoms. The van der Waals surface area contributed by atoms with Crippen LogP contribution < -0.4 is 10.9 Å². The number of rotatable bonds is 8. The zero-order valence-corrected chi connectivity index (χ0v) is 20.0. The summed E-state index contributed by atoms with van der Waals surface area (Å²) >= 11 is 5.36. The molecule has 2 amide bonds. The van der Waals surface area contributed by atoms with Gasteiger partial charge in [0.05, 0.1) is 16.8 Å². The van der Waals surface area contributed by atoms with Gasteiger partial charge in [0.25, 0.3) is 5.56 Å². The van der Waals surface area contributed by atoms with Gasteiger partial charge in [-0.3, -0.25) is 19.0 Å². The molecule has 8 heteroatoms. The van der Waals surface area contributed by atoms with Crippen molar-refractivity contribution in [1.82, 2.24) is 14.5 Å². The molecule has 2 heterocycles. The molecule has 1 saturated heterocycles. The predicted molar refractivity (Wildman–Crippen MR) is 136 cm³/mol. The summed E-state index contributed by atoms with van der Waals surface area (Å²) in [4.78, 5) is 43.0. The van der Waals surface area contributed by atoms with Crippen molar-refractivity contribution < 1.29 is 9.59 Å². The molecule has 3 aromatic rings. The summed E-state index contributed by atoms with van der Waals surface area (Å²) in [6, 6.07) is 16.8. The summed E-state index contributed by atoms with van der Waals surface area (Å²) in [6.07, 6.45) is 4.42. The Labute approximate surface area is 203 Å². The molecule has 0 aliphatic carbocycles. The number of benzene rings is 2. The van der Waals surface area contributed by atoms with Gasteiger partial charge in [-0.2, -0.15) is 0 Å². The number of carbonyl (C=O) groups is 2. The summed E-state index contributed by atoms with van der Waals surface area (Å²) in [5.74, 6) is -0.113. The normalized spacial score (nSPS) is 15.9. The van der Waals surface area contributed by atoms with Crippen molar-refractivity contribution in [1.29, 1.82) is 0 Å². The summed E-state index contributed by atoms with van der Waals surface area (Å²) in [5, 5.41) is 3.58. The summed E-state index contributed by atoms with van der Waals surface area (Å²) < 4.78 is 2.02. The van der Waals surface area contributed by atoms with Gasteiger partial charge in [-0.05, 0) is 62.2 Å². The van der Waals surface area contributed by atoms with Crippen LogP contribution in [0.25, 0.3) is 10.9 Å². The minimum absolute atomic E-state index is 0.0268. The van der Waals surface area contributed by atoms with Gasteiger partial charge in [-0.25, -0.2) is 0 Å². The SMILES string of the molecule is O=C(Nc1ccccc1)C1CCCN(C(=O)CCCCCn2c(=S)[nH]c3ccccc3c2=O)C1. The van der Waals surface area contributed by atoms with Crippen molar-refractivity contribution in [2.75, 3.05) is 18.4 Å². The molecule has 0 saturated carbocycles. The lowest BCUT2D eigenvalue weighted by atomic mass is 9.96. The summed E-state index contributed by atoms with van der Waals surface area (Å²) in [5.41, 5.74) is 1.45. The number of carbonyl (C=O) groups excluding carboxylic acids is 2. The monoisotopic (exact) mass is 478 g/mol. The third kappa shape index (κ3) is 5.80. The molecule has 0 bridgehead atoms. The first kappa shape index (κ1) is 23.9. The zero-order valence-electron chi connectivity index (χ0n) is 19.2. The van der Waals surface area contributed by atoms with Gasteiger partial charge in [0.2, 0.25) is 11.8 Å². The van der Waals surface area contributed by atoms with Gasteiger partial charge in [0.15, 0.2) is 4.77 Å². The number of amides is 2. The van der Waals surface area contributed by atoms with Crippen LogP contribution >= 0.6 is 12.2 Å². The molecule has 1 aromatic heterocycles. The molecule has 2 aromatic carbocycles. The van der Waals surface area contributed by atoms with Crippen molar-refractivity contribution >= 4 is 40.6 Å². The Morgan fingerprint density at radius 1 is 1.03 bits per heavy atom. The highest BCUT2D eigenvalue weighted by molar-refractivity contribution is 7.71. The maximum atomic E-state index is 12.7. The Bertz CT molecular complexity index is 1270. The molecule has 2 N–H and O–H groups in total. The van der Waals surface area contributed by atoms with E-state index in [-0.39, 0.29) is 23.3 Å². The maximum Gasteiger partial charge on any atom is 0.262 e. The van der Waals surface area contributed by atoms with Crippen LogP contribution in [-0.4, -0.2) is 39.4 Å². The van der Waals surface area contributed by atoms with Crippen LogP contribution in [0, 0.1) is 10.7 Å². The number of nitrogens with zero attached hydrogens (tertiary/aromatic N) is 2. The molecule has 7 nitrogen and oxygen atoms in total. The molecular weight excluding hydrogens is 448 g/mol. The molecular formula is C26H30N4O3S. The third-order valence-corrected chi connectivity index (χ3v) is 6.67. The second kappa shape index (κ2) is 11.2. The topological polar surface area (TPSA) is 87.2 Å². The highest BCUT2D eigenvalue weighted by atomic mass is 32.1. The maximum absolute atomic E-state index is 12.7. The lowest BCUT2D eigenvalue weighted by Crippen LogP contribution is -2.43. The number of anilines is 1. The summed E-state index contributed by atoms with van der Waals surface area (Å²) in [7, 11) is 0. The standard InChI is InChI=1S/C26H30N4O3S/c31-23(29-16-9-10-19(18-29)24(32)27-20-11-3-1-4-12-20)15-5-2-8-17-30-25(33)21-13-6-7-14-22(21)28-26(30)34/h1,3-4,6-7,11-14,19H,2,5,8-10,15-18H2,(H,27,32)(H,28,34). The molecule has 1 fully saturated rings. The third-order valence-electron chi connectivity index (χ3n) is 6.35. The molecule has 1 aliphatic heterocycles. The van der Waals surface area contributed by atoms with Crippen molar-refractivity contribution in [2.24, 2.45) is 5.92 Å². The van der Waals surface area contributed by atoms with E-state index < -0.39 is 0 Å². The van der Waals surface area contributed by atoms with Gasteiger partial charge in [0, 0.05) is 31.7 Å². The van der Waals surface area contributed by atoms with Gasteiger partial charge in [-0.15, -0.1) is 0 Å². The number of hydrogen-bond acceptors (Lipinski definition) is 4. The van der Waals surface area contributed by atoms with E-state index in [0.29, 0.717) is 36.2 Å². The number of aromatic amines is 1. The fraction of sp³-hybridized carbons (Fsp3) is 0.385. The zero-order chi connectivity index (χ0) is 23.9. The van der Waals surface area contributed by atoms with E-state index in [9.17, 15) is 14.4 Å². The van der Waals surface area contributed by atoms with Gasteiger partial charge >= 0.3 is 0 Å². The van der Waals surface area contributed by atoms with Crippen LogP contribution in [0.4, 0.5) is 5.69 Å². The van der Waals surface area contributed by atoms with Crippen LogP contribution in [0.15, 0.2) is 59.4 Å². The van der Waals surface area contributed by atoms with E-state index in [0.717, 1.165) is 43.3 Å². The van der Waals surface area contributed by atoms with Crippen LogP contribution in [0.1, 0.15) is 38.5 Å². The fourth-order valence-electron chi connectivity index (χ4n) is 4.47. The highest BCUT2D eigenvalue weighted by Crippen LogP contribution is 2.20. The van der Waals surface area contributed by atoms with Gasteiger partial charge in [0.1, 0.15) is 0 Å². The van der Waals surface area contributed by atoms with Gasteiger partial charge < -0.3 is 15.2 Å². The van der Waals surface area contributed by atoms with Crippen LogP contribution in [0.5, 0.6) is 0 Å². The van der Waals surface area contributed by atoms with Gasteiger partial charge in [-0.1, -0.05) is 36.8 Å². The predicted octanol–water partition coefficient (Wildman–Crippen LogP) is 4.50. The van der Waals surface area contributed by atoms with Crippen LogP contribution in [-0.2, 0) is 16.1 Å². The van der Waals surface area contributed by atoms with Crippen molar-refractivity contribution in [3.63, 3.8) is 0 Å². The number of likely N-dealkylation sites (tertiary alicyclic amines) is 1. The molecule has 1 atom stereocenters. The summed E-state index contributed by atoms with van der Waals surface area (Å²) in [6.45, 7) is 1.70. The number of fused-ring (bicyclic) bond motifs is 1. The smallest absolute Gasteiger partial charge is 0.262 e. The Kier molecular flexibility index (Phi) is 7.90. The van der Waals surface area contributed by atoms with E-state index in [1.807, 2.05) is 53.4 Å². The fourth-order valence-corrected chi connectivity index (χ4v) is 4.75. The lowest BCUT2D eigenvalue weighted by molar-refractivity contribution is -0.134. The first-order valence-corrected chi connectivity index (χ1v) is 12.3. The lowest BCUT2D eigenvalue weighted by Gasteiger charge is -2.32. The Hall–Kier alpha value is -3.26. The van der Waals surface area contributed by atoms with E-state index in [2.05, 4.69) is 10.3 Å². The molecule has 1 aliphatic rings. The van der Waals surface area contributed by atoms with E-state index in [1.165, 1.54) is 0 Å². The Morgan fingerprint density at radius 3 is 2.62 bits per heavy atom. The molecule has 1 unspecified atom stereocenters. The number of unbranched alkanes of at least 4 members (excludes halogenated alkanes) is 2. The Balaban J connectivity index is 1.23. The number of aromatic nitrogens is 2. The molecule has 0 spiro atoms. The minimum Gasteiger partial charge on any atom is -0.342 e. The van der Waals surface area contributed by atoms with E-state index in [1.54, 1.807) is 10.6 Å². The second-order valence-electron chi connectivity index (χ2n) is 8.78. The highest BCUT2D eigenvalue weighted by Gasteiger charge is 2.28. The number of piperidine rings is 1. The minimum atomic E-state index is -0.181. The quantitative estimate of drug-likeness (QED) is 0.369. The Morgan fingerprint density at radius 2 is 1.79 bits per heavy atom. The molecule has 178 valence electrons. The van der Waals surface area contributed by atoms with Crippen molar-refractivity contribution in [3.8, 4) is 0 Å². The first-order chi connectivity index (χ1) is 16.5. The largest absolute Gasteiger partial charge is 0.342 e. The number of H-pyrrole nitrogens is 1. The van der Waals surface area contributed by atoms with E-state index in [4.69, 9.17) is 12.2 Å². The molecule has 4 rings (SSSR count). The van der Waals surface area contributed by atoms with E-state index >= 15 is 0 Å². The van der Waals surface area contributed by atoms with Crippen molar-refractivity contribution in [3.05, 3.63) is 69.7 Å². The number of para-hydroxylation sites is 2. The van der Waals surface area contributed by atoms with Crippen LogP contribution in [0.2, 0.25) is 0 Å². The van der Waals surface area contributed by atoms with Crippen molar-refractivity contribution in [2.45, 2.75) is 45.1 Å². The second-order valence-corrected chi connectivity index (χ2v) is 9.16. The first-order valence-electron chi connectivity index (χ1n) is 11.9. The van der Waals surface area contributed by atoms with Crippen LogP contribution in [0.3, 0.4) is 0 Å². The number of nitrogens with one attached hydrogen (secondary N) is 2.